The van der Waals surface area contributed by atoms with Crippen LogP contribution in [0.2, 0.25) is 5.02 Å². The van der Waals surface area contributed by atoms with Gasteiger partial charge in [0, 0.05) is 30.0 Å². The molecule has 8 heteroatoms. The first kappa shape index (κ1) is 19.2. The third-order valence-corrected chi connectivity index (χ3v) is 4.21. The highest BCUT2D eigenvalue weighted by atomic mass is 35.5. The van der Waals surface area contributed by atoms with E-state index in [4.69, 9.17) is 11.6 Å². The molecule has 4 nitrogen and oxygen atoms in total. The molecule has 0 radical (unpaired) electrons. The predicted molar refractivity (Wildman–Crippen MR) is 94.7 cm³/mol. The largest absolute Gasteiger partial charge is 0.328 e. The molecule has 3 rings (SSSR count). The fraction of sp³-hybridized carbons (Fsp3) is 0.286. The van der Waals surface area contributed by atoms with E-state index in [2.05, 4.69) is 10.3 Å². The van der Waals surface area contributed by atoms with Gasteiger partial charge in [-0.15, -0.1) is 36.2 Å². The van der Waals surface area contributed by atoms with E-state index in [1.807, 2.05) is 29.2 Å². The van der Waals surface area contributed by atoms with Gasteiger partial charge < -0.3 is 10.2 Å². The molecule has 1 aliphatic heterocycles. The summed E-state index contributed by atoms with van der Waals surface area (Å²) in [7, 11) is 0. The standard InChI is InChI=1S/C14H14ClN3OS.2ClH/c15-11-3-1-2-10(6-11)13-7-16-4-5-18(13)14(19)12-8-20-9-17-12;;/h1-3,6,8-9,13,16H,4-5,7H2;2*1H. The summed E-state index contributed by atoms with van der Waals surface area (Å²) in [5.74, 6) is -0.0160. The van der Waals surface area contributed by atoms with Crippen LogP contribution >= 0.6 is 47.8 Å². The van der Waals surface area contributed by atoms with Gasteiger partial charge in [0.15, 0.2) is 0 Å². The fourth-order valence-electron chi connectivity index (χ4n) is 2.42. The summed E-state index contributed by atoms with van der Waals surface area (Å²) >= 11 is 7.49. The van der Waals surface area contributed by atoms with Gasteiger partial charge in [-0.25, -0.2) is 4.98 Å². The topological polar surface area (TPSA) is 45.2 Å². The van der Waals surface area contributed by atoms with Crippen LogP contribution in [0.3, 0.4) is 0 Å². The number of aromatic nitrogens is 1. The van der Waals surface area contributed by atoms with Gasteiger partial charge in [-0.3, -0.25) is 4.79 Å². The van der Waals surface area contributed by atoms with Crippen LogP contribution in [0.25, 0.3) is 0 Å². The van der Waals surface area contributed by atoms with Gasteiger partial charge in [0.2, 0.25) is 0 Å². The molecule has 1 saturated heterocycles. The molecule has 1 aliphatic rings. The Hall–Kier alpha value is -0.850. The second-order valence-corrected chi connectivity index (χ2v) is 5.80. The highest BCUT2D eigenvalue weighted by Gasteiger charge is 2.29. The minimum Gasteiger partial charge on any atom is -0.328 e. The minimum absolute atomic E-state index is 0. The van der Waals surface area contributed by atoms with Crippen molar-refractivity contribution in [2.75, 3.05) is 19.6 Å². The van der Waals surface area contributed by atoms with E-state index in [9.17, 15) is 4.79 Å². The number of nitrogens with zero attached hydrogens (tertiary/aromatic N) is 2. The van der Waals surface area contributed by atoms with E-state index in [0.29, 0.717) is 17.3 Å². The molecule has 0 bridgehead atoms. The number of thiazole rings is 1. The van der Waals surface area contributed by atoms with Gasteiger partial charge in [0.05, 0.1) is 11.6 Å². The lowest BCUT2D eigenvalue weighted by Crippen LogP contribution is -2.48. The molecule has 1 amide bonds. The van der Waals surface area contributed by atoms with Crippen molar-refractivity contribution >= 4 is 53.7 Å². The summed E-state index contributed by atoms with van der Waals surface area (Å²) in [6.45, 7) is 2.21. The zero-order valence-corrected chi connectivity index (χ0v) is 14.8. The Balaban J connectivity index is 0.00000121. The average Bonchev–Trinajstić information content (AvgIpc) is 3.01. The van der Waals surface area contributed by atoms with Crippen molar-refractivity contribution in [2.24, 2.45) is 0 Å². The van der Waals surface area contributed by atoms with Crippen LogP contribution in [0, 0.1) is 0 Å². The maximum atomic E-state index is 12.5. The Bertz CT molecular complexity index is 609. The number of hydrogen-bond acceptors (Lipinski definition) is 4. The quantitative estimate of drug-likeness (QED) is 0.868. The van der Waals surface area contributed by atoms with Crippen molar-refractivity contribution in [3.05, 3.63) is 51.4 Å². The van der Waals surface area contributed by atoms with Crippen LogP contribution in [0.4, 0.5) is 0 Å². The molecule has 22 heavy (non-hydrogen) atoms. The Morgan fingerprint density at radius 3 is 2.91 bits per heavy atom. The molecule has 1 aromatic carbocycles. The Morgan fingerprint density at radius 1 is 1.41 bits per heavy atom. The molecular formula is C14H16Cl3N3OS. The zero-order valence-electron chi connectivity index (χ0n) is 11.6. The Kier molecular flexibility index (Phi) is 7.59. The fourth-order valence-corrected chi connectivity index (χ4v) is 3.15. The van der Waals surface area contributed by atoms with Crippen molar-refractivity contribution in [1.29, 1.82) is 0 Å². The highest BCUT2D eigenvalue weighted by Crippen LogP contribution is 2.26. The van der Waals surface area contributed by atoms with E-state index in [-0.39, 0.29) is 36.8 Å². The van der Waals surface area contributed by atoms with Crippen LogP contribution in [-0.2, 0) is 0 Å². The lowest BCUT2D eigenvalue weighted by Gasteiger charge is -2.36. The molecule has 120 valence electrons. The summed E-state index contributed by atoms with van der Waals surface area (Å²) in [5, 5.41) is 5.81. The third kappa shape index (κ3) is 4.12. The molecule has 0 saturated carbocycles. The molecule has 2 aromatic rings. The predicted octanol–water partition coefficient (Wildman–Crippen LogP) is 3.43. The normalized spacial score (nSPS) is 17.3. The van der Waals surface area contributed by atoms with Crippen LogP contribution in [0.5, 0.6) is 0 Å². The van der Waals surface area contributed by atoms with E-state index < -0.39 is 0 Å². The molecule has 0 aliphatic carbocycles. The van der Waals surface area contributed by atoms with E-state index >= 15 is 0 Å². The van der Waals surface area contributed by atoms with Crippen LogP contribution in [0.1, 0.15) is 22.1 Å². The summed E-state index contributed by atoms with van der Waals surface area (Å²) in [6, 6.07) is 7.67. The number of carbonyl (C=O) groups excluding carboxylic acids is 1. The first-order valence-corrected chi connectivity index (χ1v) is 7.73. The number of piperazine rings is 1. The molecular weight excluding hydrogens is 365 g/mol. The lowest BCUT2D eigenvalue weighted by atomic mass is 10.0. The van der Waals surface area contributed by atoms with Gasteiger partial charge in [-0.05, 0) is 17.7 Å². The molecule has 0 spiro atoms. The van der Waals surface area contributed by atoms with Crippen molar-refractivity contribution in [2.45, 2.75) is 6.04 Å². The molecule has 1 unspecified atom stereocenters. The van der Waals surface area contributed by atoms with Crippen molar-refractivity contribution < 1.29 is 4.79 Å². The second-order valence-electron chi connectivity index (χ2n) is 4.65. The van der Waals surface area contributed by atoms with Crippen LogP contribution in [-0.4, -0.2) is 35.4 Å². The van der Waals surface area contributed by atoms with E-state index in [1.54, 1.807) is 10.9 Å². The monoisotopic (exact) mass is 379 g/mol. The lowest BCUT2D eigenvalue weighted by molar-refractivity contribution is 0.0629. The van der Waals surface area contributed by atoms with Crippen molar-refractivity contribution in [3.63, 3.8) is 0 Å². The van der Waals surface area contributed by atoms with Gasteiger partial charge in [0.1, 0.15) is 5.69 Å². The second kappa shape index (κ2) is 8.70. The highest BCUT2D eigenvalue weighted by molar-refractivity contribution is 7.07. The maximum Gasteiger partial charge on any atom is 0.273 e. The number of carbonyl (C=O) groups is 1. The maximum absolute atomic E-state index is 12.5. The summed E-state index contributed by atoms with van der Waals surface area (Å²) in [4.78, 5) is 18.5. The van der Waals surface area contributed by atoms with E-state index in [1.165, 1.54) is 11.3 Å². The summed E-state index contributed by atoms with van der Waals surface area (Å²) < 4.78 is 0. The SMILES string of the molecule is Cl.Cl.O=C(c1cscn1)N1CCNCC1c1cccc(Cl)c1. The first-order chi connectivity index (χ1) is 9.75. The Morgan fingerprint density at radius 2 is 2.23 bits per heavy atom. The number of rotatable bonds is 2. The Labute approximate surface area is 150 Å². The number of nitrogens with one attached hydrogen (secondary N) is 1. The molecule has 1 aromatic heterocycles. The number of halogens is 3. The minimum atomic E-state index is -0.0160. The summed E-state index contributed by atoms with van der Waals surface area (Å²) in [5.41, 5.74) is 3.25. The number of benzene rings is 1. The first-order valence-electron chi connectivity index (χ1n) is 6.41. The van der Waals surface area contributed by atoms with Crippen LogP contribution < -0.4 is 5.32 Å². The molecule has 1 N–H and O–H groups in total. The third-order valence-electron chi connectivity index (χ3n) is 3.39. The smallest absolute Gasteiger partial charge is 0.273 e. The van der Waals surface area contributed by atoms with Crippen LogP contribution in [0.15, 0.2) is 35.2 Å². The van der Waals surface area contributed by atoms with Gasteiger partial charge in [0.25, 0.3) is 5.91 Å². The van der Waals surface area contributed by atoms with Crippen molar-refractivity contribution in [1.82, 2.24) is 15.2 Å². The molecule has 1 atom stereocenters. The number of hydrogen-bond donors (Lipinski definition) is 1. The molecule has 1 fully saturated rings. The molecule has 2 heterocycles. The van der Waals surface area contributed by atoms with Gasteiger partial charge in [-0.2, -0.15) is 0 Å². The number of amides is 1. The van der Waals surface area contributed by atoms with E-state index in [0.717, 1.165) is 18.7 Å². The van der Waals surface area contributed by atoms with Gasteiger partial charge in [-0.1, -0.05) is 23.7 Å². The zero-order chi connectivity index (χ0) is 13.9. The van der Waals surface area contributed by atoms with Crippen molar-refractivity contribution in [3.8, 4) is 0 Å². The van der Waals surface area contributed by atoms with Gasteiger partial charge >= 0.3 is 0 Å². The summed E-state index contributed by atoms with van der Waals surface area (Å²) in [6.07, 6.45) is 0. The average molecular weight is 381 g/mol.